The molecule has 0 amide bonds. The normalized spacial score (nSPS) is 25.0. The maximum absolute atomic E-state index is 8.93. The van der Waals surface area contributed by atoms with Gasteiger partial charge in [0.2, 0.25) is 0 Å². The van der Waals surface area contributed by atoms with Crippen molar-refractivity contribution in [3.63, 3.8) is 0 Å². The van der Waals surface area contributed by atoms with Gasteiger partial charge in [0.15, 0.2) is 0 Å². The fourth-order valence-electron chi connectivity index (χ4n) is 1.85. The van der Waals surface area contributed by atoms with Crippen LogP contribution in [-0.2, 0) is 0 Å². The highest BCUT2D eigenvalue weighted by Crippen LogP contribution is 2.15. The van der Waals surface area contributed by atoms with Gasteiger partial charge in [-0.15, -0.1) is 0 Å². The van der Waals surface area contributed by atoms with E-state index in [4.69, 9.17) is 5.11 Å². The molecular weight excluding hydrogens is 150 g/mol. The van der Waals surface area contributed by atoms with E-state index in [1.807, 2.05) is 0 Å². The van der Waals surface area contributed by atoms with Crippen molar-refractivity contribution in [2.24, 2.45) is 5.92 Å². The Hall–Kier alpha value is -0.0800. The molecule has 1 aliphatic rings. The number of aliphatic hydroxyl groups is 1. The van der Waals surface area contributed by atoms with E-state index in [0.29, 0.717) is 12.5 Å². The lowest BCUT2D eigenvalue weighted by Crippen LogP contribution is -2.22. The molecule has 0 saturated carbocycles. The van der Waals surface area contributed by atoms with Gasteiger partial charge in [0, 0.05) is 13.2 Å². The number of nitrogens with zero attached hydrogens (tertiary/aromatic N) is 1. The molecule has 0 radical (unpaired) electrons. The van der Waals surface area contributed by atoms with Crippen molar-refractivity contribution in [1.82, 2.24) is 4.90 Å². The molecule has 1 rings (SSSR count). The molecule has 1 unspecified atom stereocenters. The SMILES string of the molecule is CCCCCN1CCC(CO)C1. The summed E-state index contributed by atoms with van der Waals surface area (Å²) in [6.07, 6.45) is 5.18. The summed E-state index contributed by atoms with van der Waals surface area (Å²) in [6, 6.07) is 0. The Labute approximate surface area is 75.6 Å². The van der Waals surface area contributed by atoms with Gasteiger partial charge < -0.3 is 10.0 Å². The number of aliphatic hydroxyl groups excluding tert-OH is 1. The highest BCUT2D eigenvalue weighted by atomic mass is 16.3. The van der Waals surface area contributed by atoms with Crippen LogP contribution in [0.2, 0.25) is 0 Å². The Balaban J connectivity index is 2.03. The first kappa shape index (κ1) is 10.0. The second-order valence-corrected chi connectivity index (χ2v) is 3.84. The first-order valence-corrected chi connectivity index (χ1v) is 5.20. The molecule has 2 nitrogen and oxygen atoms in total. The van der Waals surface area contributed by atoms with Crippen LogP contribution in [0.3, 0.4) is 0 Å². The van der Waals surface area contributed by atoms with Crippen molar-refractivity contribution in [2.75, 3.05) is 26.2 Å². The Morgan fingerprint density at radius 1 is 1.42 bits per heavy atom. The van der Waals surface area contributed by atoms with E-state index >= 15 is 0 Å². The molecule has 0 bridgehead atoms. The Morgan fingerprint density at radius 2 is 2.25 bits per heavy atom. The number of hydrogen-bond acceptors (Lipinski definition) is 2. The minimum absolute atomic E-state index is 0.379. The summed E-state index contributed by atoms with van der Waals surface area (Å²) in [5.41, 5.74) is 0. The Kier molecular flexibility index (Phi) is 4.62. The summed E-state index contributed by atoms with van der Waals surface area (Å²) < 4.78 is 0. The van der Waals surface area contributed by atoms with Gasteiger partial charge in [0.05, 0.1) is 0 Å². The second kappa shape index (κ2) is 5.55. The van der Waals surface area contributed by atoms with Crippen LogP contribution in [0.15, 0.2) is 0 Å². The maximum Gasteiger partial charge on any atom is 0.0471 e. The average molecular weight is 171 g/mol. The number of likely N-dealkylation sites (tertiary alicyclic amines) is 1. The zero-order valence-electron chi connectivity index (χ0n) is 8.13. The van der Waals surface area contributed by atoms with Crippen LogP contribution in [-0.4, -0.2) is 36.2 Å². The van der Waals surface area contributed by atoms with E-state index in [0.717, 1.165) is 6.54 Å². The van der Waals surface area contributed by atoms with Crippen LogP contribution < -0.4 is 0 Å². The molecule has 1 fully saturated rings. The molecule has 0 aliphatic carbocycles. The lowest BCUT2D eigenvalue weighted by atomic mass is 10.1. The van der Waals surface area contributed by atoms with Gasteiger partial charge in [-0.05, 0) is 31.8 Å². The summed E-state index contributed by atoms with van der Waals surface area (Å²) >= 11 is 0. The molecule has 72 valence electrons. The summed E-state index contributed by atoms with van der Waals surface area (Å²) in [4.78, 5) is 2.48. The molecule has 1 saturated heterocycles. The quantitative estimate of drug-likeness (QED) is 0.633. The lowest BCUT2D eigenvalue weighted by molar-refractivity contribution is 0.221. The Morgan fingerprint density at radius 3 is 2.83 bits per heavy atom. The van der Waals surface area contributed by atoms with Crippen LogP contribution in [0.1, 0.15) is 32.6 Å². The first-order valence-electron chi connectivity index (χ1n) is 5.20. The lowest BCUT2D eigenvalue weighted by Gasteiger charge is -2.14. The standard InChI is InChI=1S/C10H21NO/c1-2-3-4-6-11-7-5-10(8-11)9-12/h10,12H,2-9H2,1H3. The second-order valence-electron chi connectivity index (χ2n) is 3.84. The van der Waals surface area contributed by atoms with E-state index in [1.54, 1.807) is 0 Å². The summed E-state index contributed by atoms with van der Waals surface area (Å²) in [5, 5.41) is 8.93. The number of hydrogen-bond donors (Lipinski definition) is 1. The fourth-order valence-corrected chi connectivity index (χ4v) is 1.85. The highest BCUT2D eigenvalue weighted by Gasteiger charge is 2.20. The average Bonchev–Trinajstić information content (AvgIpc) is 2.53. The van der Waals surface area contributed by atoms with Crippen molar-refractivity contribution in [3.8, 4) is 0 Å². The van der Waals surface area contributed by atoms with Gasteiger partial charge in [-0.2, -0.15) is 0 Å². The first-order chi connectivity index (χ1) is 5.86. The van der Waals surface area contributed by atoms with Crippen LogP contribution in [0.5, 0.6) is 0 Å². The zero-order chi connectivity index (χ0) is 8.81. The molecule has 1 atom stereocenters. The molecule has 2 heteroatoms. The molecule has 0 aromatic rings. The predicted molar refractivity (Wildman–Crippen MR) is 51.2 cm³/mol. The molecule has 12 heavy (non-hydrogen) atoms. The van der Waals surface area contributed by atoms with E-state index in [-0.39, 0.29) is 0 Å². The zero-order valence-corrected chi connectivity index (χ0v) is 8.13. The van der Waals surface area contributed by atoms with Gasteiger partial charge >= 0.3 is 0 Å². The molecule has 1 heterocycles. The summed E-state index contributed by atoms with van der Waals surface area (Å²) in [5.74, 6) is 0.562. The van der Waals surface area contributed by atoms with Crippen molar-refractivity contribution < 1.29 is 5.11 Å². The third-order valence-corrected chi connectivity index (χ3v) is 2.71. The number of unbranched alkanes of at least 4 members (excludes halogenated alkanes) is 2. The predicted octanol–water partition coefficient (Wildman–Crippen LogP) is 1.49. The molecular formula is C10H21NO. The van der Waals surface area contributed by atoms with Gasteiger partial charge in [-0.25, -0.2) is 0 Å². The van der Waals surface area contributed by atoms with Crippen LogP contribution in [0.4, 0.5) is 0 Å². The van der Waals surface area contributed by atoms with Gasteiger partial charge in [-0.3, -0.25) is 0 Å². The topological polar surface area (TPSA) is 23.5 Å². The van der Waals surface area contributed by atoms with Gasteiger partial charge in [0.1, 0.15) is 0 Å². The fraction of sp³-hybridized carbons (Fsp3) is 1.00. The minimum atomic E-state index is 0.379. The molecule has 1 N–H and O–H groups in total. The van der Waals surface area contributed by atoms with E-state index in [1.165, 1.54) is 38.8 Å². The van der Waals surface area contributed by atoms with Crippen molar-refractivity contribution in [2.45, 2.75) is 32.6 Å². The highest BCUT2D eigenvalue weighted by molar-refractivity contribution is 4.74. The summed E-state index contributed by atoms with van der Waals surface area (Å²) in [7, 11) is 0. The smallest absolute Gasteiger partial charge is 0.0471 e. The van der Waals surface area contributed by atoms with E-state index < -0.39 is 0 Å². The van der Waals surface area contributed by atoms with Gasteiger partial charge in [0.25, 0.3) is 0 Å². The van der Waals surface area contributed by atoms with Crippen molar-refractivity contribution in [1.29, 1.82) is 0 Å². The minimum Gasteiger partial charge on any atom is -0.396 e. The molecule has 0 aromatic heterocycles. The van der Waals surface area contributed by atoms with Crippen LogP contribution in [0.25, 0.3) is 0 Å². The molecule has 0 spiro atoms. The third-order valence-electron chi connectivity index (χ3n) is 2.71. The molecule has 0 aromatic carbocycles. The van der Waals surface area contributed by atoms with Crippen LogP contribution in [0, 0.1) is 5.92 Å². The maximum atomic E-state index is 8.93. The number of rotatable bonds is 5. The van der Waals surface area contributed by atoms with Gasteiger partial charge in [-0.1, -0.05) is 19.8 Å². The van der Waals surface area contributed by atoms with Crippen molar-refractivity contribution >= 4 is 0 Å². The van der Waals surface area contributed by atoms with E-state index in [9.17, 15) is 0 Å². The van der Waals surface area contributed by atoms with Crippen molar-refractivity contribution in [3.05, 3.63) is 0 Å². The van der Waals surface area contributed by atoms with Crippen LogP contribution >= 0.6 is 0 Å². The monoisotopic (exact) mass is 171 g/mol. The molecule has 1 aliphatic heterocycles. The third kappa shape index (κ3) is 3.11. The Bertz CT molecular complexity index is 116. The van der Waals surface area contributed by atoms with E-state index in [2.05, 4.69) is 11.8 Å². The largest absolute Gasteiger partial charge is 0.396 e. The summed E-state index contributed by atoms with van der Waals surface area (Å²) in [6.45, 7) is 6.18.